The summed E-state index contributed by atoms with van der Waals surface area (Å²) in [6.45, 7) is 1.98. The Morgan fingerprint density at radius 1 is 1.27 bits per heavy atom. The number of alkyl halides is 3. The van der Waals surface area contributed by atoms with Gasteiger partial charge in [-0.1, -0.05) is 11.6 Å². The summed E-state index contributed by atoms with van der Waals surface area (Å²) in [6, 6.07) is 1.92. The molecule has 3 saturated heterocycles. The molecule has 0 unspecified atom stereocenters. The SMILES string of the molecule is ONC(=N[C@@H]1C2CCN(CC2)C12CC2)c1ccc(Cl)c(C(F)(F)F)c1F. The van der Waals surface area contributed by atoms with Gasteiger partial charge in [0.15, 0.2) is 5.84 Å². The van der Waals surface area contributed by atoms with Crippen molar-refractivity contribution in [3.63, 3.8) is 0 Å². The lowest BCUT2D eigenvalue weighted by Gasteiger charge is -2.50. The van der Waals surface area contributed by atoms with E-state index in [1.54, 1.807) is 0 Å². The first kappa shape index (κ1) is 18.0. The van der Waals surface area contributed by atoms with Crippen molar-refractivity contribution < 1.29 is 22.8 Å². The molecule has 142 valence electrons. The molecule has 1 aromatic rings. The molecular weight excluding hydrogens is 374 g/mol. The highest BCUT2D eigenvalue weighted by Crippen LogP contribution is 2.55. The van der Waals surface area contributed by atoms with Gasteiger partial charge in [0.2, 0.25) is 0 Å². The molecule has 0 aromatic heterocycles. The molecule has 3 aliphatic heterocycles. The lowest BCUT2D eigenvalue weighted by atomic mass is 9.77. The Kier molecular flexibility index (Phi) is 4.20. The first-order valence-electron chi connectivity index (χ1n) is 8.56. The van der Waals surface area contributed by atoms with Gasteiger partial charge in [-0.15, -0.1) is 0 Å². The Morgan fingerprint density at radius 2 is 1.92 bits per heavy atom. The number of rotatable bonds is 2. The Labute approximate surface area is 152 Å². The second kappa shape index (κ2) is 6.07. The van der Waals surface area contributed by atoms with Gasteiger partial charge in [0, 0.05) is 5.54 Å². The number of fused-ring (bicyclic) bond motifs is 2. The van der Waals surface area contributed by atoms with E-state index in [2.05, 4.69) is 9.89 Å². The average Bonchev–Trinajstić information content (AvgIpc) is 3.36. The first-order chi connectivity index (χ1) is 12.3. The summed E-state index contributed by atoms with van der Waals surface area (Å²) >= 11 is 5.54. The number of hydroxylamine groups is 1. The molecule has 0 radical (unpaired) electrons. The van der Waals surface area contributed by atoms with Crippen molar-refractivity contribution in [3.05, 3.63) is 34.1 Å². The second-order valence-electron chi connectivity index (χ2n) is 7.24. The molecule has 4 aliphatic rings. The van der Waals surface area contributed by atoms with Crippen LogP contribution in [0.1, 0.15) is 36.8 Å². The van der Waals surface area contributed by atoms with Crippen LogP contribution in [0.5, 0.6) is 0 Å². The number of amidine groups is 1. The summed E-state index contributed by atoms with van der Waals surface area (Å²) in [6.07, 6.45) is -1.11. The smallest absolute Gasteiger partial charge is 0.295 e. The quantitative estimate of drug-likeness (QED) is 0.348. The summed E-state index contributed by atoms with van der Waals surface area (Å²) in [4.78, 5) is 6.87. The average molecular weight is 392 g/mol. The molecule has 2 N–H and O–H groups in total. The Morgan fingerprint density at radius 3 is 2.46 bits per heavy atom. The number of benzene rings is 1. The van der Waals surface area contributed by atoms with Gasteiger partial charge in [-0.3, -0.25) is 20.6 Å². The zero-order valence-corrected chi connectivity index (χ0v) is 14.5. The highest BCUT2D eigenvalue weighted by Gasteiger charge is 2.60. The van der Waals surface area contributed by atoms with Crippen molar-refractivity contribution >= 4 is 17.4 Å². The van der Waals surface area contributed by atoms with Crippen LogP contribution in [0.25, 0.3) is 0 Å². The second-order valence-corrected chi connectivity index (χ2v) is 7.65. The van der Waals surface area contributed by atoms with Crippen LogP contribution in [0.3, 0.4) is 0 Å². The van der Waals surface area contributed by atoms with Crippen LogP contribution in [-0.2, 0) is 6.18 Å². The maximum Gasteiger partial charge on any atom is 0.420 e. The fourth-order valence-corrected chi connectivity index (χ4v) is 4.80. The van der Waals surface area contributed by atoms with Crippen LogP contribution < -0.4 is 5.48 Å². The van der Waals surface area contributed by atoms with E-state index < -0.39 is 28.1 Å². The summed E-state index contributed by atoms with van der Waals surface area (Å²) < 4.78 is 53.9. The highest BCUT2D eigenvalue weighted by molar-refractivity contribution is 6.31. The van der Waals surface area contributed by atoms with E-state index in [1.165, 1.54) is 0 Å². The van der Waals surface area contributed by atoms with Crippen LogP contribution in [0, 0.1) is 11.7 Å². The number of aliphatic imine (C=N–C) groups is 1. The molecule has 26 heavy (non-hydrogen) atoms. The number of halogens is 5. The zero-order valence-electron chi connectivity index (χ0n) is 13.8. The van der Waals surface area contributed by atoms with Crippen molar-refractivity contribution in [2.24, 2.45) is 10.9 Å². The van der Waals surface area contributed by atoms with Crippen molar-refractivity contribution in [1.82, 2.24) is 10.4 Å². The first-order valence-corrected chi connectivity index (χ1v) is 8.94. The largest absolute Gasteiger partial charge is 0.420 e. The van der Waals surface area contributed by atoms with E-state index in [0.29, 0.717) is 5.92 Å². The highest BCUT2D eigenvalue weighted by atomic mass is 35.5. The molecule has 4 nitrogen and oxygen atoms in total. The van der Waals surface area contributed by atoms with E-state index >= 15 is 0 Å². The van der Waals surface area contributed by atoms with Gasteiger partial charge in [-0.25, -0.2) is 4.39 Å². The number of piperidine rings is 3. The molecule has 1 saturated carbocycles. The summed E-state index contributed by atoms with van der Waals surface area (Å²) in [5.74, 6) is -1.52. The van der Waals surface area contributed by atoms with Gasteiger partial charge in [-0.2, -0.15) is 13.2 Å². The molecule has 3 heterocycles. The maximum atomic E-state index is 14.6. The van der Waals surface area contributed by atoms with Gasteiger partial charge >= 0.3 is 6.18 Å². The van der Waals surface area contributed by atoms with Gasteiger partial charge in [0.25, 0.3) is 0 Å². The molecule has 0 amide bonds. The third-order valence-electron chi connectivity index (χ3n) is 5.93. The lowest BCUT2D eigenvalue weighted by Crippen LogP contribution is -2.59. The van der Waals surface area contributed by atoms with Crippen LogP contribution in [0.15, 0.2) is 17.1 Å². The van der Waals surface area contributed by atoms with Gasteiger partial charge in [0.1, 0.15) is 11.4 Å². The van der Waals surface area contributed by atoms with Crippen molar-refractivity contribution in [2.45, 2.75) is 43.4 Å². The minimum atomic E-state index is -4.94. The predicted molar refractivity (Wildman–Crippen MR) is 87.9 cm³/mol. The summed E-state index contributed by atoms with van der Waals surface area (Å²) in [5, 5.41) is 8.76. The lowest BCUT2D eigenvalue weighted by molar-refractivity contribution is -0.139. The van der Waals surface area contributed by atoms with Crippen LogP contribution in [0.4, 0.5) is 17.6 Å². The fraction of sp³-hybridized carbons (Fsp3) is 0.588. The van der Waals surface area contributed by atoms with Gasteiger partial charge in [0.05, 0.1) is 16.6 Å². The molecule has 5 rings (SSSR count). The molecular formula is C17H18ClF4N3O. The standard InChI is InChI=1S/C17H18ClF4N3O/c18-11-2-1-10(13(19)12(11)17(20,21)22)15(24-26)23-14-9-3-7-25(8-4-9)16(14)5-6-16/h1-2,9,14,26H,3-8H2,(H,23,24)/t14-/m1/s1. The van der Waals surface area contributed by atoms with Gasteiger partial charge < -0.3 is 0 Å². The zero-order chi connectivity index (χ0) is 18.7. The van der Waals surface area contributed by atoms with E-state index in [0.717, 1.165) is 50.9 Å². The predicted octanol–water partition coefficient (Wildman–Crippen LogP) is 3.85. The summed E-state index contributed by atoms with van der Waals surface area (Å²) in [7, 11) is 0. The normalized spacial score (nSPS) is 29.9. The minimum absolute atomic E-state index is 0.0843. The van der Waals surface area contributed by atoms with Crippen LogP contribution >= 0.6 is 11.6 Å². The molecule has 9 heteroatoms. The fourth-order valence-electron chi connectivity index (χ4n) is 4.54. The van der Waals surface area contributed by atoms with Crippen molar-refractivity contribution in [2.75, 3.05) is 13.1 Å². The number of hydrogen-bond donors (Lipinski definition) is 2. The maximum absolute atomic E-state index is 14.6. The van der Waals surface area contributed by atoms with E-state index in [9.17, 15) is 22.8 Å². The molecule has 4 fully saturated rings. The van der Waals surface area contributed by atoms with E-state index in [4.69, 9.17) is 11.6 Å². The Balaban J connectivity index is 1.76. The number of hydrogen-bond acceptors (Lipinski definition) is 3. The van der Waals surface area contributed by atoms with Gasteiger partial charge in [-0.05, 0) is 56.8 Å². The molecule has 1 aromatic carbocycles. The Hall–Kier alpha value is -1.38. The third kappa shape index (κ3) is 2.70. The minimum Gasteiger partial charge on any atom is -0.295 e. The van der Waals surface area contributed by atoms with E-state index in [1.807, 2.05) is 5.48 Å². The van der Waals surface area contributed by atoms with Crippen molar-refractivity contribution in [1.29, 1.82) is 0 Å². The monoisotopic (exact) mass is 391 g/mol. The summed E-state index contributed by atoms with van der Waals surface area (Å²) in [5.41, 5.74) is -0.254. The molecule has 1 atom stereocenters. The van der Waals surface area contributed by atoms with Crippen LogP contribution in [-0.4, -0.2) is 40.6 Å². The molecule has 2 bridgehead atoms. The van der Waals surface area contributed by atoms with Crippen molar-refractivity contribution in [3.8, 4) is 0 Å². The third-order valence-corrected chi connectivity index (χ3v) is 6.25. The molecule has 1 spiro atoms. The molecule has 1 aliphatic carbocycles. The Bertz CT molecular complexity index is 755. The topological polar surface area (TPSA) is 47.9 Å². The number of nitrogens with one attached hydrogen (secondary N) is 1. The van der Waals surface area contributed by atoms with Crippen LogP contribution in [0.2, 0.25) is 5.02 Å². The van der Waals surface area contributed by atoms with E-state index in [-0.39, 0.29) is 17.4 Å². The number of nitrogens with zero attached hydrogens (tertiary/aromatic N) is 2.